The normalized spacial score (nSPS) is 13.1. The summed E-state index contributed by atoms with van der Waals surface area (Å²) in [7, 11) is -0.217. The Bertz CT molecular complexity index is 1210. The van der Waals surface area contributed by atoms with Crippen LogP contribution in [0.2, 0.25) is 5.02 Å². The maximum Gasteiger partial charge on any atom is 0.417 e. The van der Waals surface area contributed by atoms with Crippen LogP contribution in [0.1, 0.15) is 23.0 Å². The van der Waals surface area contributed by atoms with E-state index in [1.165, 1.54) is 32.5 Å². The Kier molecular flexibility index (Phi) is 6.72. The van der Waals surface area contributed by atoms with Crippen LogP contribution in [-0.4, -0.2) is 32.2 Å². The second kappa shape index (κ2) is 9.00. The third-order valence-electron chi connectivity index (χ3n) is 4.63. The van der Waals surface area contributed by atoms with Crippen molar-refractivity contribution >= 4 is 21.6 Å². The molecule has 0 aliphatic heterocycles. The van der Waals surface area contributed by atoms with E-state index in [1.807, 2.05) is 0 Å². The first-order valence-electron chi connectivity index (χ1n) is 9.05. The Morgan fingerprint density at radius 1 is 1.09 bits per heavy atom. The molecule has 7 nitrogen and oxygen atoms in total. The number of methoxy groups -OCH3 is 2. The molecular formula is C20H19ClF3N3O4S. The predicted octanol–water partition coefficient (Wildman–Crippen LogP) is 4.18. The van der Waals surface area contributed by atoms with E-state index in [-0.39, 0.29) is 10.8 Å². The molecule has 0 bridgehead atoms. The summed E-state index contributed by atoms with van der Waals surface area (Å²) in [6.07, 6.45) is -1.91. The molecule has 0 spiro atoms. The van der Waals surface area contributed by atoms with Crippen LogP contribution in [0.5, 0.6) is 11.5 Å². The van der Waals surface area contributed by atoms with E-state index < -0.39 is 32.7 Å². The number of hydrogen-bond donors (Lipinski definition) is 1. The van der Waals surface area contributed by atoms with Gasteiger partial charge in [-0.05, 0) is 35.9 Å². The highest BCUT2D eigenvalue weighted by Crippen LogP contribution is 2.37. The van der Waals surface area contributed by atoms with Crippen LogP contribution in [-0.2, 0) is 23.2 Å². The lowest BCUT2D eigenvalue weighted by Crippen LogP contribution is -2.32. The lowest BCUT2D eigenvalue weighted by atomic mass is 10.1. The molecule has 0 aliphatic rings. The molecule has 0 radical (unpaired) electrons. The van der Waals surface area contributed by atoms with E-state index >= 15 is 0 Å². The third-order valence-corrected chi connectivity index (χ3v) is 6.35. The Morgan fingerprint density at radius 2 is 1.72 bits per heavy atom. The number of halogens is 4. The fourth-order valence-corrected chi connectivity index (χ4v) is 4.66. The fraction of sp³-hybridized carbons (Fsp3) is 0.250. The molecule has 12 heteroatoms. The molecule has 32 heavy (non-hydrogen) atoms. The summed E-state index contributed by atoms with van der Waals surface area (Å²) in [5.74, 6) is 0.965. The highest BCUT2D eigenvalue weighted by Gasteiger charge is 2.38. The Balaban J connectivity index is 2.17. The zero-order valence-corrected chi connectivity index (χ0v) is 18.7. The summed E-state index contributed by atoms with van der Waals surface area (Å²) >= 11 is 5.69. The number of aryl methyl sites for hydroxylation is 1. The first kappa shape index (κ1) is 23.9. The molecule has 0 saturated carbocycles. The Hall–Kier alpha value is -2.76. The van der Waals surface area contributed by atoms with E-state index in [0.717, 1.165) is 12.1 Å². The molecule has 3 aromatic rings. The molecule has 3 rings (SSSR count). The molecule has 0 unspecified atom stereocenters. The Morgan fingerprint density at radius 3 is 2.22 bits per heavy atom. The van der Waals surface area contributed by atoms with E-state index in [9.17, 15) is 21.6 Å². The molecule has 172 valence electrons. The van der Waals surface area contributed by atoms with Crippen molar-refractivity contribution in [2.45, 2.75) is 17.1 Å². The van der Waals surface area contributed by atoms with Gasteiger partial charge in [0, 0.05) is 30.5 Å². The lowest BCUT2D eigenvalue weighted by molar-refractivity contribution is -0.139. The van der Waals surface area contributed by atoms with Gasteiger partial charge >= 0.3 is 6.18 Å². The van der Waals surface area contributed by atoms with Crippen molar-refractivity contribution in [1.29, 1.82) is 0 Å². The van der Waals surface area contributed by atoms with Gasteiger partial charge in [0.1, 0.15) is 23.4 Å². The smallest absolute Gasteiger partial charge is 0.417 e. The molecule has 0 fully saturated rings. The highest BCUT2D eigenvalue weighted by atomic mass is 35.5. The molecule has 1 aromatic heterocycles. The van der Waals surface area contributed by atoms with Crippen molar-refractivity contribution in [3.05, 3.63) is 70.8 Å². The zero-order valence-electron chi connectivity index (χ0n) is 17.1. The average molecular weight is 490 g/mol. The van der Waals surface area contributed by atoms with Crippen LogP contribution in [0, 0.1) is 0 Å². The maximum atomic E-state index is 13.6. The minimum absolute atomic E-state index is 0.241. The SMILES string of the molecule is COc1cc(OC)cc([C@H](NS(=O)(=O)c2ccc(Cl)cc2C(F)(F)F)c2nccn2C)c1. The van der Waals surface area contributed by atoms with Crippen molar-refractivity contribution in [3.63, 3.8) is 0 Å². The molecular weight excluding hydrogens is 471 g/mol. The number of hydrogen-bond acceptors (Lipinski definition) is 5. The van der Waals surface area contributed by atoms with Crippen molar-refractivity contribution in [2.75, 3.05) is 14.2 Å². The van der Waals surface area contributed by atoms with Gasteiger partial charge in [0.2, 0.25) is 10.0 Å². The third kappa shape index (κ3) is 5.00. The quantitative estimate of drug-likeness (QED) is 0.538. The average Bonchev–Trinajstić information content (AvgIpc) is 3.16. The molecule has 1 atom stereocenters. The molecule has 0 amide bonds. The van der Waals surface area contributed by atoms with Gasteiger partial charge in [-0.25, -0.2) is 13.4 Å². The second-order valence-corrected chi connectivity index (χ2v) is 8.85. The minimum Gasteiger partial charge on any atom is -0.497 e. The molecule has 1 heterocycles. The van der Waals surface area contributed by atoms with Gasteiger partial charge < -0.3 is 14.0 Å². The fourth-order valence-electron chi connectivity index (χ4n) is 3.10. The highest BCUT2D eigenvalue weighted by molar-refractivity contribution is 7.89. The number of benzene rings is 2. The standard InChI is InChI=1S/C20H19ClF3N3O4S/c1-27-7-6-25-19(27)18(12-8-14(30-2)11-15(9-12)31-3)26-32(28,29)17-5-4-13(21)10-16(17)20(22,23)24/h4-11,18,26H,1-3H3/t18-/m0/s1. The summed E-state index contributed by atoms with van der Waals surface area (Å²) in [6, 6.07) is 5.97. The first-order chi connectivity index (χ1) is 15.0. The van der Waals surface area contributed by atoms with E-state index in [4.69, 9.17) is 21.1 Å². The number of nitrogens with zero attached hydrogens (tertiary/aromatic N) is 2. The summed E-state index contributed by atoms with van der Waals surface area (Å²) < 4.78 is 81.3. The van der Waals surface area contributed by atoms with Gasteiger partial charge in [-0.1, -0.05) is 11.6 Å². The minimum atomic E-state index is -4.94. The number of rotatable bonds is 7. The largest absolute Gasteiger partial charge is 0.497 e. The van der Waals surface area contributed by atoms with E-state index in [1.54, 1.807) is 23.9 Å². The van der Waals surface area contributed by atoms with Crippen molar-refractivity contribution in [1.82, 2.24) is 14.3 Å². The van der Waals surface area contributed by atoms with Crippen molar-refractivity contribution in [3.8, 4) is 11.5 Å². The van der Waals surface area contributed by atoms with Gasteiger partial charge in [-0.3, -0.25) is 0 Å². The molecule has 2 aromatic carbocycles. The summed E-state index contributed by atoms with van der Waals surface area (Å²) in [5, 5.41) is -0.241. The van der Waals surface area contributed by atoms with Crippen LogP contribution >= 0.6 is 11.6 Å². The summed E-state index contributed by atoms with van der Waals surface area (Å²) in [4.78, 5) is 3.22. The van der Waals surface area contributed by atoms with Gasteiger partial charge in [-0.15, -0.1) is 0 Å². The van der Waals surface area contributed by atoms with Crippen LogP contribution < -0.4 is 14.2 Å². The predicted molar refractivity (Wildman–Crippen MR) is 111 cm³/mol. The number of sulfonamides is 1. The Labute approximate surface area is 187 Å². The van der Waals surface area contributed by atoms with Crippen LogP contribution in [0.25, 0.3) is 0 Å². The number of nitrogens with one attached hydrogen (secondary N) is 1. The number of aromatic nitrogens is 2. The van der Waals surface area contributed by atoms with Gasteiger partial charge in [0.15, 0.2) is 0 Å². The number of imidazole rings is 1. The van der Waals surface area contributed by atoms with E-state index in [0.29, 0.717) is 23.1 Å². The molecule has 0 saturated heterocycles. The molecule has 0 aliphatic carbocycles. The summed E-state index contributed by atoms with van der Waals surface area (Å²) in [5.41, 5.74) is -1.03. The van der Waals surface area contributed by atoms with Crippen molar-refractivity contribution in [2.24, 2.45) is 7.05 Å². The summed E-state index contributed by atoms with van der Waals surface area (Å²) in [6.45, 7) is 0. The van der Waals surface area contributed by atoms with E-state index in [2.05, 4.69) is 9.71 Å². The second-order valence-electron chi connectivity index (χ2n) is 6.73. The van der Waals surface area contributed by atoms with Gasteiger partial charge in [0.05, 0.1) is 24.7 Å². The van der Waals surface area contributed by atoms with Gasteiger partial charge in [-0.2, -0.15) is 17.9 Å². The first-order valence-corrected chi connectivity index (χ1v) is 10.9. The van der Waals surface area contributed by atoms with Crippen LogP contribution in [0.3, 0.4) is 0 Å². The van der Waals surface area contributed by atoms with Crippen LogP contribution in [0.4, 0.5) is 13.2 Å². The number of alkyl halides is 3. The lowest BCUT2D eigenvalue weighted by Gasteiger charge is -2.22. The zero-order chi connectivity index (χ0) is 23.7. The topological polar surface area (TPSA) is 82.4 Å². The number of ether oxygens (including phenoxy) is 2. The van der Waals surface area contributed by atoms with Crippen LogP contribution in [0.15, 0.2) is 53.7 Å². The van der Waals surface area contributed by atoms with Gasteiger partial charge in [0.25, 0.3) is 0 Å². The van der Waals surface area contributed by atoms with Crippen molar-refractivity contribution < 1.29 is 31.1 Å². The monoisotopic (exact) mass is 489 g/mol. The molecule has 1 N–H and O–H groups in total. The maximum absolute atomic E-state index is 13.6.